The molecule has 0 saturated heterocycles. The van der Waals surface area contributed by atoms with Gasteiger partial charge in [-0.25, -0.2) is 14.6 Å². The van der Waals surface area contributed by atoms with Crippen molar-refractivity contribution in [2.75, 3.05) is 6.16 Å². The third-order valence-electron chi connectivity index (χ3n) is 7.47. The maximum Gasteiger partial charge on any atom is 0.329 e. The fraction of sp³-hybridized carbons (Fsp3) is 0.290. The monoisotopic (exact) mass is 619 g/mol. The fourth-order valence-corrected chi connectivity index (χ4v) is 5.93. The van der Waals surface area contributed by atoms with Gasteiger partial charge in [-0.15, -0.1) is 0 Å². The van der Waals surface area contributed by atoms with Crippen LogP contribution in [0.5, 0.6) is 0 Å². The molecular formula is C31H34N5O7P. The summed E-state index contributed by atoms with van der Waals surface area (Å²) in [5, 5.41) is 11.4. The molecule has 230 valence electrons. The summed E-state index contributed by atoms with van der Waals surface area (Å²) in [5.74, 6) is -1.04. The number of rotatable bonds is 12. The average Bonchev–Trinajstić information content (AvgIpc) is 3.45. The summed E-state index contributed by atoms with van der Waals surface area (Å²) in [6.45, 7) is 5.64. The van der Waals surface area contributed by atoms with Crippen molar-refractivity contribution in [1.29, 1.82) is 0 Å². The van der Waals surface area contributed by atoms with Crippen LogP contribution in [0.3, 0.4) is 0 Å². The van der Waals surface area contributed by atoms with Crippen molar-refractivity contribution in [2.45, 2.75) is 45.9 Å². The zero-order chi connectivity index (χ0) is 31.6. The van der Waals surface area contributed by atoms with E-state index in [-0.39, 0.29) is 24.3 Å². The molecule has 0 fully saturated rings. The average molecular weight is 620 g/mol. The molecule has 0 aliphatic carbocycles. The first-order valence-corrected chi connectivity index (χ1v) is 16.0. The molecule has 0 radical (unpaired) electrons. The highest BCUT2D eigenvalue weighted by Gasteiger charge is 2.29. The number of amides is 1. The number of hydrogen-bond acceptors (Lipinski definition) is 5. The Kier molecular flexibility index (Phi) is 8.87. The van der Waals surface area contributed by atoms with E-state index in [4.69, 9.17) is 14.8 Å². The Morgan fingerprint density at radius 1 is 0.864 bits per heavy atom. The van der Waals surface area contributed by atoms with E-state index in [0.29, 0.717) is 5.92 Å². The van der Waals surface area contributed by atoms with Crippen LogP contribution in [0.2, 0.25) is 0 Å². The summed E-state index contributed by atoms with van der Waals surface area (Å²) in [6.07, 6.45) is -0.0498. The minimum Gasteiger partial charge on any atom is -0.480 e. The molecule has 13 heteroatoms. The van der Waals surface area contributed by atoms with Crippen molar-refractivity contribution in [2.24, 2.45) is 5.92 Å². The van der Waals surface area contributed by atoms with E-state index in [2.05, 4.69) is 23.7 Å². The fourth-order valence-electron chi connectivity index (χ4n) is 5.21. The lowest BCUT2D eigenvalue weighted by Crippen LogP contribution is -2.43. The van der Waals surface area contributed by atoms with Crippen molar-refractivity contribution >= 4 is 41.5 Å². The summed E-state index contributed by atoms with van der Waals surface area (Å²) in [7, 11) is -4.67. The predicted molar refractivity (Wildman–Crippen MR) is 166 cm³/mol. The molecule has 1 atom stereocenters. The molecule has 2 aromatic heterocycles. The topological polar surface area (TPSA) is 169 Å². The van der Waals surface area contributed by atoms with E-state index >= 15 is 0 Å². The number of benzene rings is 3. The van der Waals surface area contributed by atoms with Crippen LogP contribution in [0.1, 0.15) is 42.0 Å². The molecule has 0 aliphatic heterocycles. The molecule has 5 aromatic rings. The normalized spacial score (nSPS) is 12.7. The quantitative estimate of drug-likeness (QED) is 0.154. The van der Waals surface area contributed by atoms with Crippen LogP contribution in [0, 0.1) is 5.92 Å². The number of carboxylic acids is 1. The largest absolute Gasteiger partial charge is 0.480 e. The number of para-hydroxylation sites is 4. The van der Waals surface area contributed by atoms with Crippen molar-refractivity contribution in [3.63, 3.8) is 0 Å². The lowest BCUT2D eigenvalue weighted by atomic mass is 10.1. The van der Waals surface area contributed by atoms with Crippen LogP contribution in [-0.2, 0) is 29.0 Å². The van der Waals surface area contributed by atoms with E-state index in [1.807, 2.05) is 48.5 Å². The van der Waals surface area contributed by atoms with Crippen molar-refractivity contribution in [3.8, 4) is 0 Å². The molecule has 12 nitrogen and oxygen atoms in total. The van der Waals surface area contributed by atoms with Crippen LogP contribution in [-0.4, -0.2) is 57.7 Å². The Hall–Kier alpha value is -4.51. The van der Waals surface area contributed by atoms with Crippen LogP contribution >= 0.6 is 7.60 Å². The molecule has 0 bridgehead atoms. The zero-order valence-electron chi connectivity index (χ0n) is 24.3. The summed E-state index contributed by atoms with van der Waals surface area (Å²) >= 11 is 0. The maximum atomic E-state index is 13.9. The number of nitrogens with zero attached hydrogens (tertiary/aromatic N) is 4. The molecule has 3 aromatic carbocycles. The van der Waals surface area contributed by atoms with Crippen LogP contribution in [0.15, 0.2) is 77.6 Å². The second-order valence-corrected chi connectivity index (χ2v) is 12.9. The van der Waals surface area contributed by atoms with Crippen molar-refractivity contribution in [3.05, 3.63) is 100 Å². The molecule has 2 heterocycles. The predicted octanol–water partition coefficient (Wildman–Crippen LogP) is 3.66. The van der Waals surface area contributed by atoms with Gasteiger partial charge in [0, 0.05) is 12.1 Å². The third kappa shape index (κ3) is 6.83. The molecule has 0 aliphatic rings. The van der Waals surface area contributed by atoms with Gasteiger partial charge < -0.3 is 24.8 Å². The summed E-state index contributed by atoms with van der Waals surface area (Å²) in [6, 6.07) is 20.0. The third-order valence-corrected chi connectivity index (χ3v) is 8.31. The molecule has 44 heavy (non-hydrogen) atoms. The standard InChI is InChI=1S/C31H34N5O7P/c1-20(2)15-16-34-25-8-4-3-7-23(25)32-28(34)18-36-27-10-6-5-9-26(27)35(31(36)40)17-21-11-13-22(14-12-21)29(37)33-24(30(38)39)19-44(41,42)43/h3-14,20,24H,15-19H2,1-2H3,(H,33,37)(H,38,39)(H2,41,42,43)/t24-/m0/s1. The zero-order valence-corrected chi connectivity index (χ0v) is 25.2. The molecule has 0 unspecified atom stereocenters. The number of aliphatic carboxylic acids is 1. The highest BCUT2D eigenvalue weighted by Crippen LogP contribution is 2.35. The van der Waals surface area contributed by atoms with Gasteiger partial charge in [0.05, 0.1) is 41.3 Å². The Morgan fingerprint density at radius 3 is 2.05 bits per heavy atom. The first-order valence-electron chi connectivity index (χ1n) is 14.2. The lowest BCUT2D eigenvalue weighted by Gasteiger charge is -2.15. The first-order chi connectivity index (χ1) is 20.9. The van der Waals surface area contributed by atoms with Gasteiger partial charge in [-0.3, -0.25) is 18.5 Å². The van der Waals surface area contributed by atoms with E-state index in [0.717, 1.165) is 46.4 Å². The number of fused-ring (bicyclic) bond motifs is 2. The SMILES string of the molecule is CC(C)CCn1c(Cn2c(=O)n(Cc3ccc(C(=O)N[C@@H](CP(=O)(O)O)C(=O)O)cc3)c3ccccc32)nc2ccccc21. The van der Waals surface area contributed by atoms with Gasteiger partial charge in [0.15, 0.2) is 0 Å². The number of hydrogen-bond donors (Lipinski definition) is 4. The number of carbonyl (C=O) groups excluding carboxylic acids is 1. The second-order valence-electron chi connectivity index (χ2n) is 11.2. The minimum atomic E-state index is -4.67. The lowest BCUT2D eigenvalue weighted by molar-refractivity contribution is -0.138. The van der Waals surface area contributed by atoms with E-state index < -0.39 is 31.7 Å². The molecule has 1 amide bonds. The highest BCUT2D eigenvalue weighted by atomic mass is 31.2. The van der Waals surface area contributed by atoms with Crippen molar-refractivity contribution in [1.82, 2.24) is 24.0 Å². The van der Waals surface area contributed by atoms with Crippen LogP contribution in [0.25, 0.3) is 22.1 Å². The van der Waals surface area contributed by atoms with Gasteiger partial charge in [0.1, 0.15) is 11.9 Å². The van der Waals surface area contributed by atoms with Crippen molar-refractivity contribution < 1.29 is 29.0 Å². The van der Waals surface area contributed by atoms with Crippen LogP contribution in [0.4, 0.5) is 0 Å². The second kappa shape index (κ2) is 12.6. The molecule has 0 spiro atoms. The number of carboxylic acid groups (broad SMARTS) is 1. The van der Waals surface area contributed by atoms with Gasteiger partial charge in [0.25, 0.3) is 5.91 Å². The van der Waals surface area contributed by atoms with Gasteiger partial charge >= 0.3 is 19.3 Å². The Morgan fingerprint density at radius 2 is 1.45 bits per heavy atom. The molecular weight excluding hydrogens is 585 g/mol. The number of carbonyl (C=O) groups is 2. The number of imidazole rings is 2. The molecule has 0 saturated carbocycles. The number of aryl methyl sites for hydroxylation is 1. The van der Waals surface area contributed by atoms with Gasteiger partial charge in [-0.1, -0.05) is 50.2 Å². The van der Waals surface area contributed by atoms with Gasteiger partial charge in [0.2, 0.25) is 0 Å². The number of nitrogens with one attached hydrogen (secondary N) is 1. The van der Waals surface area contributed by atoms with Gasteiger partial charge in [-0.05, 0) is 54.3 Å². The minimum absolute atomic E-state index is 0.112. The molecule has 4 N–H and O–H groups in total. The van der Waals surface area contributed by atoms with Gasteiger partial charge in [-0.2, -0.15) is 0 Å². The summed E-state index contributed by atoms with van der Waals surface area (Å²) in [4.78, 5) is 61.0. The van der Waals surface area contributed by atoms with Crippen LogP contribution < -0.4 is 11.0 Å². The Labute approximate surface area is 252 Å². The number of aromatic nitrogens is 4. The Balaban J connectivity index is 1.42. The van der Waals surface area contributed by atoms with E-state index in [1.165, 1.54) is 12.1 Å². The molecule has 5 rings (SSSR count). The summed E-state index contributed by atoms with van der Waals surface area (Å²) < 4.78 is 16.8. The maximum absolute atomic E-state index is 13.9. The smallest absolute Gasteiger partial charge is 0.329 e. The first kappa shape index (κ1) is 30.9. The van der Waals surface area contributed by atoms with E-state index in [9.17, 15) is 24.1 Å². The summed E-state index contributed by atoms with van der Waals surface area (Å²) in [5.41, 5.74) is 4.04. The van der Waals surface area contributed by atoms with E-state index in [1.54, 1.807) is 21.3 Å². The highest BCUT2D eigenvalue weighted by molar-refractivity contribution is 7.51. The Bertz CT molecular complexity index is 1930.